The van der Waals surface area contributed by atoms with Gasteiger partial charge < -0.3 is 10.6 Å². The maximum Gasteiger partial charge on any atom is 0.252 e. The molecule has 0 atom stereocenters. The molecule has 0 aliphatic heterocycles. The summed E-state index contributed by atoms with van der Waals surface area (Å²) in [5, 5.41) is 6.48. The van der Waals surface area contributed by atoms with Gasteiger partial charge in [0.15, 0.2) is 5.96 Å². The van der Waals surface area contributed by atoms with Crippen LogP contribution in [0.2, 0.25) is 0 Å². The van der Waals surface area contributed by atoms with Crippen molar-refractivity contribution in [2.24, 2.45) is 4.99 Å². The van der Waals surface area contributed by atoms with E-state index in [1.54, 1.807) is 24.9 Å². The Kier molecular flexibility index (Phi) is 13.2. The number of aliphatic imine (C=N–C) groups is 1. The Hall–Kier alpha value is -0.0400. The molecule has 0 aliphatic rings. The fraction of sp³-hybridized carbons (Fsp3) is 0.667. The minimum absolute atomic E-state index is 0. The predicted molar refractivity (Wildman–Crippen MR) is 121 cm³/mol. The van der Waals surface area contributed by atoms with Crippen molar-refractivity contribution < 1.29 is 8.42 Å². The fourth-order valence-corrected chi connectivity index (χ4v) is 5.39. The maximum atomic E-state index is 12.5. The van der Waals surface area contributed by atoms with E-state index in [-0.39, 0.29) is 24.0 Å². The largest absolute Gasteiger partial charge is 0.356 e. The summed E-state index contributed by atoms with van der Waals surface area (Å²) in [5.74, 6) is 1.80. The van der Waals surface area contributed by atoms with Crippen LogP contribution >= 0.6 is 47.1 Å². The van der Waals surface area contributed by atoms with Crippen molar-refractivity contribution in [3.63, 3.8) is 0 Å². The molecular formula is C15H29IN4O2S3. The highest BCUT2D eigenvalue weighted by atomic mass is 127. The number of sulfonamides is 1. The summed E-state index contributed by atoms with van der Waals surface area (Å²) < 4.78 is 26.8. The molecule has 0 amide bonds. The molecule has 0 aliphatic carbocycles. The molecule has 0 bridgehead atoms. The minimum Gasteiger partial charge on any atom is -0.356 e. The predicted octanol–water partition coefficient (Wildman–Crippen LogP) is 2.47. The molecule has 1 heterocycles. The Morgan fingerprint density at radius 2 is 1.88 bits per heavy atom. The number of hydrogen-bond acceptors (Lipinski definition) is 5. The second-order valence-corrected chi connectivity index (χ2v) is 9.30. The van der Waals surface area contributed by atoms with E-state index in [0.29, 0.717) is 23.8 Å². The minimum atomic E-state index is -3.35. The quantitative estimate of drug-likeness (QED) is 0.215. The second kappa shape index (κ2) is 13.2. The molecule has 10 heteroatoms. The van der Waals surface area contributed by atoms with Gasteiger partial charge in [-0.3, -0.25) is 4.99 Å². The number of thiophene rings is 1. The average Bonchev–Trinajstić information content (AvgIpc) is 3.04. The van der Waals surface area contributed by atoms with Gasteiger partial charge in [0.2, 0.25) is 0 Å². The molecule has 1 rings (SSSR count). The summed E-state index contributed by atoms with van der Waals surface area (Å²) >= 11 is 3.13. The molecule has 1 aromatic heterocycles. The van der Waals surface area contributed by atoms with Crippen LogP contribution < -0.4 is 10.6 Å². The molecule has 0 radical (unpaired) electrons. The number of nitrogens with zero attached hydrogens (tertiary/aromatic N) is 2. The summed E-state index contributed by atoms with van der Waals surface area (Å²) in [5.41, 5.74) is 0. The van der Waals surface area contributed by atoms with Gasteiger partial charge in [-0.05, 0) is 24.8 Å². The molecule has 0 spiro atoms. The van der Waals surface area contributed by atoms with E-state index in [1.165, 1.54) is 15.6 Å². The summed E-state index contributed by atoms with van der Waals surface area (Å²) in [6, 6.07) is 3.60. The second-order valence-electron chi connectivity index (χ2n) is 4.98. The van der Waals surface area contributed by atoms with Crippen molar-refractivity contribution in [1.29, 1.82) is 0 Å². The maximum absolute atomic E-state index is 12.5. The molecular weight excluding hydrogens is 491 g/mol. The van der Waals surface area contributed by atoms with E-state index < -0.39 is 10.0 Å². The fourth-order valence-electron chi connectivity index (χ4n) is 2.12. The Labute approximate surface area is 177 Å². The van der Waals surface area contributed by atoms with E-state index >= 15 is 0 Å². The zero-order valence-corrected chi connectivity index (χ0v) is 20.0. The molecule has 2 N–H and O–H groups in total. The Balaban J connectivity index is 0.00000576. The Morgan fingerprint density at radius 3 is 2.44 bits per heavy atom. The van der Waals surface area contributed by atoms with Crippen molar-refractivity contribution in [3.8, 4) is 0 Å². The third-order valence-electron chi connectivity index (χ3n) is 3.42. The van der Waals surface area contributed by atoms with Gasteiger partial charge >= 0.3 is 0 Å². The van der Waals surface area contributed by atoms with E-state index in [1.807, 2.05) is 19.9 Å². The molecule has 146 valence electrons. The van der Waals surface area contributed by atoms with E-state index in [2.05, 4.69) is 21.9 Å². The first-order chi connectivity index (χ1) is 11.5. The third-order valence-corrected chi connectivity index (χ3v) is 7.70. The van der Waals surface area contributed by atoms with Crippen molar-refractivity contribution >= 4 is 63.1 Å². The van der Waals surface area contributed by atoms with Gasteiger partial charge in [-0.25, -0.2) is 8.42 Å². The molecule has 25 heavy (non-hydrogen) atoms. The topological polar surface area (TPSA) is 73.8 Å². The van der Waals surface area contributed by atoms with Gasteiger partial charge in [0, 0.05) is 43.9 Å². The number of nitrogens with one attached hydrogen (secondary N) is 2. The normalized spacial score (nSPS) is 12.1. The van der Waals surface area contributed by atoms with Crippen LogP contribution in [0.15, 0.2) is 21.3 Å². The van der Waals surface area contributed by atoms with Crippen LogP contribution in [0, 0.1) is 0 Å². The first-order valence-corrected chi connectivity index (χ1v) is 11.7. The van der Waals surface area contributed by atoms with Gasteiger partial charge in [-0.15, -0.1) is 35.3 Å². The molecule has 0 aromatic carbocycles. The monoisotopic (exact) mass is 520 g/mol. The highest BCUT2D eigenvalue weighted by Gasteiger charge is 2.23. The molecule has 0 unspecified atom stereocenters. The molecule has 1 aromatic rings. The van der Waals surface area contributed by atoms with Gasteiger partial charge in [0.25, 0.3) is 10.0 Å². The van der Waals surface area contributed by atoms with Crippen LogP contribution in [0.25, 0.3) is 0 Å². The van der Waals surface area contributed by atoms with Crippen LogP contribution in [0.1, 0.15) is 18.7 Å². The molecule has 0 saturated carbocycles. The zero-order chi connectivity index (χ0) is 18.0. The smallest absolute Gasteiger partial charge is 0.252 e. The van der Waals surface area contributed by atoms with Crippen LogP contribution in [0.5, 0.6) is 0 Å². The number of thioether (sulfide) groups is 1. The van der Waals surface area contributed by atoms with Crippen molar-refractivity contribution in [2.45, 2.75) is 24.5 Å². The lowest BCUT2D eigenvalue weighted by atomic mass is 10.3. The number of guanidine groups is 1. The van der Waals surface area contributed by atoms with Crippen molar-refractivity contribution in [3.05, 3.63) is 17.0 Å². The lowest BCUT2D eigenvalue weighted by Gasteiger charge is -2.16. The first kappa shape index (κ1) is 25.0. The lowest BCUT2D eigenvalue weighted by molar-refractivity contribution is 0.447. The lowest BCUT2D eigenvalue weighted by Crippen LogP contribution is -2.39. The van der Waals surface area contributed by atoms with Crippen LogP contribution in [0.3, 0.4) is 0 Å². The van der Waals surface area contributed by atoms with E-state index in [4.69, 9.17) is 0 Å². The Morgan fingerprint density at radius 1 is 1.24 bits per heavy atom. The Bertz CT molecular complexity index is 616. The van der Waals surface area contributed by atoms with Crippen molar-refractivity contribution in [2.75, 3.05) is 45.2 Å². The van der Waals surface area contributed by atoms with Crippen LogP contribution in [-0.4, -0.2) is 63.9 Å². The highest BCUT2D eigenvalue weighted by Crippen LogP contribution is 2.25. The average molecular weight is 521 g/mol. The number of halogens is 1. The molecule has 0 saturated heterocycles. The molecule has 0 fully saturated rings. The summed E-state index contributed by atoms with van der Waals surface area (Å²) in [6.07, 6.45) is 2.83. The van der Waals surface area contributed by atoms with E-state index in [0.717, 1.165) is 29.6 Å². The number of rotatable bonds is 10. The third kappa shape index (κ3) is 8.02. The number of hydrogen-bond donors (Lipinski definition) is 2. The highest BCUT2D eigenvalue weighted by molar-refractivity contribution is 14.0. The molecule has 6 nitrogen and oxygen atoms in total. The van der Waals surface area contributed by atoms with E-state index in [9.17, 15) is 8.42 Å². The zero-order valence-electron chi connectivity index (χ0n) is 15.2. The van der Waals surface area contributed by atoms with Gasteiger partial charge in [0.1, 0.15) is 4.21 Å². The van der Waals surface area contributed by atoms with Crippen LogP contribution in [-0.2, 0) is 16.4 Å². The first-order valence-electron chi connectivity index (χ1n) is 8.01. The SMILES string of the molecule is CCN(CC)S(=O)(=O)c1ccc(CCNC(=NC)NCCSC)s1.I. The van der Waals surface area contributed by atoms with Gasteiger partial charge in [-0.2, -0.15) is 16.1 Å². The summed E-state index contributed by atoms with van der Waals surface area (Å²) in [6.45, 7) is 6.28. The van der Waals surface area contributed by atoms with Crippen LogP contribution in [0.4, 0.5) is 0 Å². The standard InChI is InChI=1S/C15H28N4O2S3.HI/c1-5-19(6-2)24(20,21)14-8-7-13(23-14)9-10-17-15(16-3)18-11-12-22-4;/h7-8H,5-6,9-12H2,1-4H3,(H2,16,17,18);1H. The summed E-state index contributed by atoms with van der Waals surface area (Å²) in [7, 11) is -1.60. The van der Waals surface area contributed by atoms with Crippen molar-refractivity contribution in [1.82, 2.24) is 14.9 Å². The van der Waals surface area contributed by atoms with Gasteiger partial charge in [-0.1, -0.05) is 13.8 Å². The van der Waals surface area contributed by atoms with Gasteiger partial charge in [0.05, 0.1) is 0 Å². The summed E-state index contributed by atoms with van der Waals surface area (Å²) in [4.78, 5) is 5.22.